The highest BCUT2D eigenvalue weighted by Crippen LogP contribution is 2.08. The quantitative estimate of drug-likeness (QED) is 0.475. The number of alkyl halides is 1. The molecule has 1 nitrogen and oxygen atoms in total. The third kappa shape index (κ3) is 7.89. The maximum absolute atomic E-state index is 5.52. The topological polar surface area (TPSA) is 9.23 Å². The third-order valence-electron chi connectivity index (χ3n) is 1.16. The Morgan fingerprint density at radius 3 is 2.36 bits per heavy atom. The van der Waals surface area contributed by atoms with Gasteiger partial charge < -0.3 is 4.74 Å². The van der Waals surface area contributed by atoms with Crippen molar-refractivity contribution in [2.45, 2.75) is 33.3 Å². The molecule has 0 bridgehead atoms. The number of allylic oxidation sites excluding steroid dienone is 1. The van der Waals surface area contributed by atoms with E-state index >= 15 is 0 Å². The molecule has 0 rings (SSSR count). The molecule has 0 aliphatic carbocycles. The molecule has 0 amide bonds. The zero-order valence-electron chi connectivity index (χ0n) is 7.78. The summed E-state index contributed by atoms with van der Waals surface area (Å²) in [5, 5.41) is 0. The Balaban J connectivity index is 3.62. The summed E-state index contributed by atoms with van der Waals surface area (Å²) >= 11 is 5.51. The van der Waals surface area contributed by atoms with Crippen molar-refractivity contribution in [1.29, 1.82) is 0 Å². The van der Waals surface area contributed by atoms with Crippen LogP contribution in [-0.4, -0.2) is 18.1 Å². The Hall–Kier alpha value is -0.0100. The Kier molecular flexibility index (Phi) is 4.78. The Labute approximate surface area is 74.4 Å². The van der Waals surface area contributed by atoms with Crippen LogP contribution in [0.15, 0.2) is 11.6 Å². The van der Waals surface area contributed by atoms with Crippen molar-refractivity contribution in [3.05, 3.63) is 11.6 Å². The summed E-state index contributed by atoms with van der Waals surface area (Å²) in [5.74, 6) is 0.569. The number of ether oxygens (including phenoxy) is 1. The standard InChI is InChI=1S/C9H17ClO/c1-8(5-6-10)7-11-9(2,3)4/h5H,6-7H2,1-4H3. The molecular weight excluding hydrogens is 160 g/mol. The maximum Gasteiger partial charge on any atom is 0.0681 e. The van der Waals surface area contributed by atoms with Crippen LogP contribution in [0.1, 0.15) is 27.7 Å². The van der Waals surface area contributed by atoms with Crippen molar-refractivity contribution in [2.75, 3.05) is 12.5 Å². The number of hydrogen-bond donors (Lipinski definition) is 0. The lowest BCUT2D eigenvalue weighted by Gasteiger charge is -2.19. The van der Waals surface area contributed by atoms with E-state index in [0.717, 1.165) is 0 Å². The summed E-state index contributed by atoms with van der Waals surface area (Å²) in [7, 11) is 0. The van der Waals surface area contributed by atoms with Crippen LogP contribution in [0.2, 0.25) is 0 Å². The molecular formula is C9H17ClO. The van der Waals surface area contributed by atoms with Gasteiger partial charge >= 0.3 is 0 Å². The summed E-state index contributed by atoms with van der Waals surface area (Å²) in [6, 6.07) is 0. The van der Waals surface area contributed by atoms with Crippen LogP contribution in [0.5, 0.6) is 0 Å². The predicted octanol–water partition coefficient (Wildman–Crippen LogP) is 2.99. The van der Waals surface area contributed by atoms with Gasteiger partial charge in [0.2, 0.25) is 0 Å². The van der Waals surface area contributed by atoms with Crippen LogP contribution in [0, 0.1) is 0 Å². The van der Waals surface area contributed by atoms with E-state index in [1.54, 1.807) is 0 Å². The van der Waals surface area contributed by atoms with Gasteiger partial charge in [0.15, 0.2) is 0 Å². The molecule has 0 spiro atoms. The predicted molar refractivity (Wildman–Crippen MR) is 50.2 cm³/mol. The van der Waals surface area contributed by atoms with E-state index in [1.807, 2.05) is 33.8 Å². The summed E-state index contributed by atoms with van der Waals surface area (Å²) in [6.45, 7) is 8.83. The first-order chi connectivity index (χ1) is 4.95. The molecule has 0 fully saturated rings. The van der Waals surface area contributed by atoms with E-state index in [4.69, 9.17) is 16.3 Å². The first-order valence-electron chi connectivity index (χ1n) is 3.81. The molecule has 11 heavy (non-hydrogen) atoms. The summed E-state index contributed by atoms with van der Waals surface area (Å²) in [6.07, 6.45) is 1.97. The second kappa shape index (κ2) is 4.78. The Bertz CT molecular complexity index is 133. The van der Waals surface area contributed by atoms with Gasteiger partial charge in [0.05, 0.1) is 12.2 Å². The zero-order valence-corrected chi connectivity index (χ0v) is 8.53. The molecule has 0 aliphatic heterocycles. The smallest absolute Gasteiger partial charge is 0.0681 e. The monoisotopic (exact) mass is 176 g/mol. The molecule has 0 aromatic heterocycles. The second-order valence-electron chi connectivity index (χ2n) is 3.61. The lowest BCUT2D eigenvalue weighted by molar-refractivity contribution is 0.0111. The van der Waals surface area contributed by atoms with Crippen molar-refractivity contribution in [3.8, 4) is 0 Å². The average molecular weight is 177 g/mol. The molecule has 0 radical (unpaired) electrons. The number of halogens is 1. The molecule has 0 N–H and O–H groups in total. The molecule has 0 aromatic rings. The fourth-order valence-electron chi connectivity index (χ4n) is 0.521. The van der Waals surface area contributed by atoms with Crippen LogP contribution >= 0.6 is 11.6 Å². The van der Waals surface area contributed by atoms with E-state index in [-0.39, 0.29) is 5.60 Å². The van der Waals surface area contributed by atoms with Crippen molar-refractivity contribution < 1.29 is 4.74 Å². The highest BCUT2D eigenvalue weighted by atomic mass is 35.5. The first-order valence-corrected chi connectivity index (χ1v) is 4.35. The van der Waals surface area contributed by atoms with E-state index < -0.39 is 0 Å². The van der Waals surface area contributed by atoms with Crippen LogP contribution in [0.25, 0.3) is 0 Å². The van der Waals surface area contributed by atoms with Crippen molar-refractivity contribution in [2.24, 2.45) is 0 Å². The van der Waals surface area contributed by atoms with Crippen molar-refractivity contribution >= 4 is 11.6 Å². The summed E-state index contributed by atoms with van der Waals surface area (Å²) in [4.78, 5) is 0. The third-order valence-corrected chi connectivity index (χ3v) is 1.31. The largest absolute Gasteiger partial charge is 0.372 e. The second-order valence-corrected chi connectivity index (χ2v) is 3.91. The fraction of sp³-hybridized carbons (Fsp3) is 0.778. The van der Waals surface area contributed by atoms with Gasteiger partial charge in [-0.25, -0.2) is 0 Å². The molecule has 0 aromatic carbocycles. The number of hydrogen-bond acceptors (Lipinski definition) is 1. The molecule has 0 saturated heterocycles. The van der Waals surface area contributed by atoms with Gasteiger partial charge in [-0.1, -0.05) is 11.6 Å². The Morgan fingerprint density at radius 2 is 2.00 bits per heavy atom. The van der Waals surface area contributed by atoms with Crippen molar-refractivity contribution in [3.63, 3.8) is 0 Å². The highest BCUT2D eigenvalue weighted by molar-refractivity contribution is 6.18. The molecule has 0 saturated carbocycles. The SMILES string of the molecule is CC(=CCCl)COC(C)(C)C. The van der Waals surface area contributed by atoms with Gasteiger partial charge in [-0.3, -0.25) is 0 Å². The minimum absolute atomic E-state index is 0.0542. The van der Waals surface area contributed by atoms with Crippen LogP contribution in [0.4, 0.5) is 0 Å². The summed E-state index contributed by atoms with van der Waals surface area (Å²) in [5.41, 5.74) is 1.14. The minimum atomic E-state index is -0.0542. The van der Waals surface area contributed by atoms with Gasteiger partial charge in [-0.15, -0.1) is 11.6 Å². The number of rotatable bonds is 3. The minimum Gasteiger partial charge on any atom is -0.372 e. The highest BCUT2D eigenvalue weighted by Gasteiger charge is 2.08. The Morgan fingerprint density at radius 1 is 1.45 bits per heavy atom. The van der Waals surface area contributed by atoms with E-state index in [9.17, 15) is 0 Å². The van der Waals surface area contributed by atoms with Crippen molar-refractivity contribution in [1.82, 2.24) is 0 Å². The molecule has 2 heteroatoms. The van der Waals surface area contributed by atoms with Crippen LogP contribution in [0.3, 0.4) is 0 Å². The van der Waals surface area contributed by atoms with E-state index in [1.165, 1.54) is 5.57 Å². The first kappa shape index (κ1) is 11.0. The fourth-order valence-corrected chi connectivity index (χ4v) is 0.784. The van der Waals surface area contributed by atoms with Gasteiger partial charge in [0, 0.05) is 5.88 Å². The van der Waals surface area contributed by atoms with E-state index in [0.29, 0.717) is 12.5 Å². The molecule has 0 atom stereocenters. The van der Waals surface area contributed by atoms with Crippen LogP contribution in [-0.2, 0) is 4.74 Å². The normalized spacial score (nSPS) is 13.7. The lowest BCUT2D eigenvalue weighted by Crippen LogP contribution is -2.20. The average Bonchev–Trinajstić information content (AvgIpc) is 1.83. The maximum atomic E-state index is 5.52. The van der Waals surface area contributed by atoms with E-state index in [2.05, 4.69) is 0 Å². The molecule has 0 aliphatic rings. The molecule has 66 valence electrons. The van der Waals surface area contributed by atoms with Crippen LogP contribution < -0.4 is 0 Å². The lowest BCUT2D eigenvalue weighted by atomic mass is 10.2. The summed E-state index contributed by atoms with van der Waals surface area (Å²) < 4.78 is 5.52. The molecule has 0 unspecified atom stereocenters. The van der Waals surface area contributed by atoms with Gasteiger partial charge in [-0.05, 0) is 27.7 Å². The zero-order chi connectivity index (χ0) is 8.91. The van der Waals surface area contributed by atoms with Gasteiger partial charge in [0.1, 0.15) is 0 Å². The van der Waals surface area contributed by atoms with Gasteiger partial charge in [-0.2, -0.15) is 0 Å². The molecule has 0 heterocycles. The van der Waals surface area contributed by atoms with Gasteiger partial charge in [0.25, 0.3) is 0 Å².